The van der Waals surface area contributed by atoms with E-state index >= 15 is 0 Å². The standard InChI is InChI=1S/C18H25N3OS/c1-4-22-13-16-7-5-15(6-8-16)11-20-18(19-3)21-12-17-14(2)9-10-23-17/h5-10H,4,11-13H2,1-3H3,(H2,19,20,21). The van der Waals surface area contributed by atoms with Crippen LogP contribution >= 0.6 is 11.3 Å². The molecule has 0 saturated carbocycles. The number of benzene rings is 1. The molecule has 2 aromatic rings. The van der Waals surface area contributed by atoms with Crippen molar-refractivity contribution in [2.24, 2.45) is 4.99 Å². The van der Waals surface area contributed by atoms with Crippen LogP contribution in [-0.2, 0) is 24.4 Å². The largest absolute Gasteiger partial charge is 0.377 e. The Balaban J connectivity index is 1.80. The Hall–Kier alpha value is -1.85. The Morgan fingerprint density at radius 1 is 1.09 bits per heavy atom. The molecule has 0 amide bonds. The first kappa shape index (κ1) is 17.5. The summed E-state index contributed by atoms with van der Waals surface area (Å²) in [6.45, 7) is 7.11. The van der Waals surface area contributed by atoms with E-state index in [1.807, 2.05) is 6.92 Å². The third kappa shape index (κ3) is 5.69. The zero-order chi connectivity index (χ0) is 16.5. The van der Waals surface area contributed by atoms with Gasteiger partial charge < -0.3 is 15.4 Å². The van der Waals surface area contributed by atoms with Crippen LogP contribution < -0.4 is 10.6 Å². The summed E-state index contributed by atoms with van der Waals surface area (Å²) in [7, 11) is 1.79. The molecule has 1 aromatic heterocycles. The third-order valence-electron chi connectivity index (χ3n) is 3.56. The van der Waals surface area contributed by atoms with Crippen molar-refractivity contribution in [1.82, 2.24) is 10.6 Å². The molecule has 0 aliphatic heterocycles. The highest BCUT2D eigenvalue weighted by atomic mass is 32.1. The third-order valence-corrected chi connectivity index (χ3v) is 4.59. The molecule has 0 bridgehead atoms. The van der Waals surface area contributed by atoms with Crippen LogP contribution in [0.25, 0.3) is 0 Å². The van der Waals surface area contributed by atoms with Crippen molar-refractivity contribution in [2.45, 2.75) is 33.5 Å². The second-order valence-electron chi connectivity index (χ2n) is 5.26. The molecule has 23 heavy (non-hydrogen) atoms. The van der Waals surface area contributed by atoms with Gasteiger partial charge in [-0.3, -0.25) is 4.99 Å². The summed E-state index contributed by atoms with van der Waals surface area (Å²) in [5, 5.41) is 8.81. The molecule has 4 nitrogen and oxygen atoms in total. The number of hydrogen-bond donors (Lipinski definition) is 2. The molecule has 124 valence electrons. The van der Waals surface area contributed by atoms with Crippen molar-refractivity contribution in [1.29, 1.82) is 0 Å². The minimum Gasteiger partial charge on any atom is -0.377 e. The number of aryl methyl sites for hydroxylation is 1. The average Bonchev–Trinajstić information content (AvgIpc) is 2.99. The molecule has 0 saturated heterocycles. The van der Waals surface area contributed by atoms with Gasteiger partial charge in [-0.2, -0.15) is 0 Å². The van der Waals surface area contributed by atoms with E-state index in [0.717, 1.165) is 25.7 Å². The number of nitrogens with zero attached hydrogens (tertiary/aromatic N) is 1. The van der Waals surface area contributed by atoms with E-state index in [1.165, 1.54) is 21.6 Å². The van der Waals surface area contributed by atoms with Crippen molar-refractivity contribution in [3.63, 3.8) is 0 Å². The molecule has 2 rings (SSSR count). The predicted octanol–water partition coefficient (Wildman–Crippen LogP) is 3.46. The molecule has 0 fully saturated rings. The first-order valence-corrected chi connectivity index (χ1v) is 8.74. The van der Waals surface area contributed by atoms with Crippen LogP contribution in [0.2, 0.25) is 0 Å². The summed E-state index contributed by atoms with van der Waals surface area (Å²) >= 11 is 1.77. The average molecular weight is 331 g/mol. The Labute approximate surface area is 142 Å². The van der Waals surface area contributed by atoms with Crippen molar-refractivity contribution < 1.29 is 4.74 Å². The maximum absolute atomic E-state index is 5.41. The summed E-state index contributed by atoms with van der Waals surface area (Å²) in [4.78, 5) is 5.61. The number of aliphatic imine (C=N–C) groups is 1. The first-order chi connectivity index (χ1) is 11.2. The van der Waals surface area contributed by atoms with Gasteiger partial charge >= 0.3 is 0 Å². The number of thiophene rings is 1. The van der Waals surface area contributed by atoms with Gasteiger partial charge in [-0.05, 0) is 42.0 Å². The number of guanidine groups is 1. The van der Waals surface area contributed by atoms with E-state index < -0.39 is 0 Å². The van der Waals surface area contributed by atoms with Crippen LogP contribution in [0.5, 0.6) is 0 Å². The second-order valence-corrected chi connectivity index (χ2v) is 6.26. The minimum absolute atomic E-state index is 0.674. The van der Waals surface area contributed by atoms with E-state index in [-0.39, 0.29) is 0 Å². The van der Waals surface area contributed by atoms with Gasteiger partial charge in [0.05, 0.1) is 13.2 Å². The topological polar surface area (TPSA) is 45.6 Å². The molecular formula is C18H25N3OS. The number of ether oxygens (including phenoxy) is 1. The van der Waals surface area contributed by atoms with E-state index in [9.17, 15) is 0 Å². The van der Waals surface area contributed by atoms with Crippen molar-refractivity contribution in [2.75, 3.05) is 13.7 Å². The smallest absolute Gasteiger partial charge is 0.191 e. The normalized spacial score (nSPS) is 11.5. The van der Waals surface area contributed by atoms with Crippen LogP contribution in [0.1, 0.15) is 28.5 Å². The number of hydrogen-bond acceptors (Lipinski definition) is 3. The van der Waals surface area contributed by atoms with Crippen molar-refractivity contribution in [3.05, 3.63) is 57.3 Å². The van der Waals surface area contributed by atoms with E-state index in [2.05, 4.69) is 58.3 Å². The molecule has 0 unspecified atom stereocenters. The lowest BCUT2D eigenvalue weighted by atomic mass is 10.1. The zero-order valence-corrected chi connectivity index (χ0v) is 14.9. The maximum Gasteiger partial charge on any atom is 0.191 e. The molecule has 1 heterocycles. The number of rotatable bonds is 7. The highest BCUT2D eigenvalue weighted by Gasteiger charge is 2.02. The molecule has 0 spiro atoms. The van der Waals surface area contributed by atoms with Gasteiger partial charge in [-0.25, -0.2) is 0 Å². The van der Waals surface area contributed by atoms with E-state index in [0.29, 0.717) is 6.61 Å². The Morgan fingerprint density at radius 3 is 2.39 bits per heavy atom. The summed E-state index contributed by atoms with van der Waals surface area (Å²) in [6, 6.07) is 10.6. The fourth-order valence-electron chi connectivity index (χ4n) is 2.13. The monoisotopic (exact) mass is 331 g/mol. The van der Waals surface area contributed by atoms with Gasteiger partial charge in [0.25, 0.3) is 0 Å². The van der Waals surface area contributed by atoms with Crippen molar-refractivity contribution in [3.8, 4) is 0 Å². The lowest BCUT2D eigenvalue weighted by Crippen LogP contribution is -2.36. The molecule has 0 aliphatic carbocycles. The highest BCUT2D eigenvalue weighted by Crippen LogP contribution is 2.14. The number of nitrogens with one attached hydrogen (secondary N) is 2. The first-order valence-electron chi connectivity index (χ1n) is 7.86. The Bertz CT molecular complexity index is 619. The predicted molar refractivity (Wildman–Crippen MR) is 97.9 cm³/mol. The Morgan fingerprint density at radius 2 is 1.78 bits per heavy atom. The summed E-state index contributed by atoms with van der Waals surface area (Å²) in [5.41, 5.74) is 3.75. The Kier molecular flexibility index (Phi) is 7.10. The zero-order valence-electron chi connectivity index (χ0n) is 14.1. The van der Waals surface area contributed by atoms with Crippen LogP contribution in [0.15, 0.2) is 40.7 Å². The molecule has 0 aliphatic rings. The minimum atomic E-state index is 0.674. The molecule has 0 atom stereocenters. The van der Waals surface area contributed by atoms with Crippen LogP contribution in [-0.4, -0.2) is 19.6 Å². The van der Waals surface area contributed by atoms with Crippen LogP contribution in [0.3, 0.4) is 0 Å². The summed E-state index contributed by atoms with van der Waals surface area (Å²) < 4.78 is 5.41. The van der Waals surface area contributed by atoms with Crippen LogP contribution in [0, 0.1) is 6.92 Å². The van der Waals surface area contributed by atoms with Gasteiger partial charge in [0.2, 0.25) is 0 Å². The molecule has 2 N–H and O–H groups in total. The van der Waals surface area contributed by atoms with Gasteiger partial charge in [-0.15, -0.1) is 11.3 Å². The fraction of sp³-hybridized carbons (Fsp3) is 0.389. The SMILES string of the molecule is CCOCc1ccc(CNC(=NC)NCc2sccc2C)cc1. The van der Waals surface area contributed by atoms with E-state index in [4.69, 9.17) is 4.74 Å². The van der Waals surface area contributed by atoms with Crippen LogP contribution in [0.4, 0.5) is 0 Å². The van der Waals surface area contributed by atoms with Crippen molar-refractivity contribution >= 4 is 17.3 Å². The lowest BCUT2D eigenvalue weighted by molar-refractivity contribution is 0.134. The fourth-order valence-corrected chi connectivity index (χ4v) is 2.97. The maximum atomic E-state index is 5.41. The quantitative estimate of drug-likeness (QED) is 0.603. The lowest BCUT2D eigenvalue weighted by Gasteiger charge is -2.12. The molecule has 5 heteroatoms. The van der Waals surface area contributed by atoms with E-state index in [1.54, 1.807) is 18.4 Å². The van der Waals surface area contributed by atoms with Gasteiger partial charge in [0, 0.05) is 25.1 Å². The second kappa shape index (κ2) is 9.33. The van der Waals surface area contributed by atoms with Gasteiger partial charge in [-0.1, -0.05) is 24.3 Å². The van der Waals surface area contributed by atoms with Gasteiger partial charge in [0.1, 0.15) is 0 Å². The summed E-state index contributed by atoms with van der Waals surface area (Å²) in [6.07, 6.45) is 0. The molecule has 0 radical (unpaired) electrons. The highest BCUT2D eigenvalue weighted by molar-refractivity contribution is 7.10. The molecular weight excluding hydrogens is 306 g/mol. The van der Waals surface area contributed by atoms with Gasteiger partial charge in [0.15, 0.2) is 5.96 Å². The summed E-state index contributed by atoms with van der Waals surface area (Å²) in [5.74, 6) is 0.816. The molecule has 1 aromatic carbocycles.